The Morgan fingerprint density at radius 1 is 1.38 bits per heavy atom. The number of carbonyl (C=O) groups excluding carboxylic acids is 2. The van der Waals surface area contributed by atoms with E-state index in [2.05, 4.69) is 26.2 Å². The van der Waals surface area contributed by atoms with Crippen LogP contribution in [0.25, 0.3) is 0 Å². The molecule has 5 nitrogen and oxygen atoms in total. The molecule has 1 N–H and O–H groups in total. The number of aromatic nitrogens is 1. The van der Waals surface area contributed by atoms with Gasteiger partial charge in [0.15, 0.2) is 11.7 Å². The van der Waals surface area contributed by atoms with Crippen LogP contribution < -0.4 is 5.32 Å². The summed E-state index contributed by atoms with van der Waals surface area (Å²) in [5, 5.41) is 5.09. The maximum atomic E-state index is 12.8. The second kappa shape index (κ2) is 5.80. The van der Waals surface area contributed by atoms with Gasteiger partial charge in [0.2, 0.25) is 0 Å². The van der Waals surface area contributed by atoms with Gasteiger partial charge in [0.1, 0.15) is 0 Å². The summed E-state index contributed by atoms with van der Waals surface area (Å²) >= 11 is 5.26. The van der Waals surface area contributed by atoms with Gasteiger partial charge in [-0.05, 0) is 57.3 Å². The molecular formula is C17H21BrN2O3S. The molecule has 0 spiro atoms. The molecule has 4 fully saturated rings. The van der Waals surface area contributed by atoms with Gasteiger partial charge in [0, 0.05) is 9.70 Å². The molecule has 130 valence electrons. The number of amides is 1. The van der Waals surface area contributed by atoms with Crippen LogP contribution >= 0.6 is 27.3 Å². The summed E-state index contributed by atoms with van der Waals surface area (Å²) in [6.07, 6.45) is 6.27. The van der Waals surface area contributed by atoms with Crippen molar-refractivity contribution < 1.29 is 14.3 Å². The minimum Gasteiger partial charge on any atom is -0.455 e. The third-order valence-corrected chi connectivity index (χ3v) is 7.43. The summed E-state index contributed by atoms with van der Waals surface area (Å²) in [5.41, 5.74) is 0.481. The third-order valence-electron chi connectivity index (χ3n) is 5.62. The van der Waals surface area contributed by atoms with E-state index in [-0.39, 0.29) is 28.2 Å². The van der Waals surface area contributed by atoms with Crippen LogP contribution in [0.4, 0.5) is 5.13 Å². The number of hydrogen-bond donors (Lipinski definition) is 1. The molecule has 0 aromatic carbocycles. The first-order valence-corrected chi connectivity index (χ1v) is 10.1. The van der Waals surface area contributed by atoms with Crippen molar-refractivity contribution in [2.45, 2.75) is 49.8 Å². The Morgan fingerprint density at radius 3 is 2.67 bits per heavy atom. The van der Waals surface area contributed by atoms with E-state index in [1.807, 2.05) is 12.3 Å². The van der Waals surface area contributed by atoms with Crippen LogP contribution in [0, 0.1) is 24.2 Å². The van der Waals surface area contributed by atoms with Gasteiger partial charge in [-0.1, -0.05) is 15.9 Å². The van der Waals surface area contributed by atoms with Gasteiger partial charge < -0.3 is 4.74 Å². The Kier molecular flexibility index (Phi) is 3.99. The van der Waals surface area contributed by atoms with Crippen LogP contribution in [-0.4, -0.2) is 27.8 Å². The predicted octanol–water partition coefficient (Wildman–Crippen LogP) is 3.67. The van der Waals surface area contributed by atoms with Crippen LogP contribution in [0.3, 0.4) is 0 Å². The minimum atomic E-state index is -0.383. The number of alkyl halides is 1. The molecule has 4 bridgehead atoms. The molecule has 1 aromatic heterocycles. The molecule has 0 aliphatic heterocycles. The molecule has 1 aromatic rings. The van der Waals surface area contributed by atoms with Gasteiger partial charge in [-0.25, -0.2) is 4.98 Å². The Labute approximate surface area is 153 Å². The van der Waals surface area contributed by atoms with Crippen LogP contribution in [0.5, 0.6) is 0 Å². The van der Waals surface area contributed by atoms with E-state index in [9.17, 15) is 9.59 Å². The highest BCUT2D eigenvalue weighted by atomic mass is 79.9. The largest absolute Gasteiger partial charge is 0.455 e. The summed E-state index contributed by atoms with van der Waals surface area (Å²) in [6, 6.07) is 0. The zero-order valence-corrected chi connectivity index (χ0v) is 16.0. The van der Waals surface area contributed by atoms with Gasteiger partial charge in [-0.2, -0.15) is 0 Å². The van der Waals surface area contributed by atoms with Gasteiger partial charge in [-0.3, -0.25) is 14.9 Å². The fourth-order valence-electron chi connectivity index (χ4n) is 5.24. The molecule has 7 heteroatoms. The molecule has 2 atom stereocenters. The monoisotopic (exact) mass is 412 g/mol. The van der Waals surface area contributed by atoms with E-state index in [0.717, 1.165) is 25.0 Å². The second-order valence-electron chi connectivity index (χ2n) is 7.81. The van der Waals surface area contributed by atoms with Gasteiger partial charge in [0.05, 0.1) is 11.1 Å². The van der Waals surface area contributed by atoms with Crippen molar-refractivity contribution in [1.29, 1.82) is 0 Å². The van der Waals surface area contributed by atoms with Gasteiger partial charge in [0.25, 0.3) is 5.91 Å². The highest BCUT2D eigenvalue weighted by molar-refractivity contribution is 9.10. The van der Waals surface area contributed by atoms with E-state index in [1.165, 1.54) is 30.6 Å². The Hall–Kier alpha value is -0.950. The van der Waals surface area contributed by atoms with Gasteiger partial charge >= 0.3 is 5.97 Å². The number of nitrogens with zero attached hydrogens (tertiary/aromatic N) is 1. The Balaban J connectivity index is 1.37. The van der Waals surface area contributed by atoms with Crippen LogP contribution in [0.2, 0.25) is 0 Å². The lowest BCUT2D eigenvalue weighted by Crippen LogP contribution is -2.56. The summed E-state index contributed by atoms with van der Waals surface area (Å²) in [5.74, 6) is 0.720. The van der Waals surface area contributed by atoms with Crippen molar-refractivity contribution in [1.82, 2.24) is 4.98 Å². The number of anilines is 1. The summed E-state index contributed by atoms with van der Waals surface area (Å²) in [6.45, 7) is 1.64. The van der Waals surface area contributed by atoms with Crippen molar-refractivity contribution in [3.05, 3.63) is 11.1 Å². The third kappa shape index (κ3) is 3.01. The highest BCUT2D eigenvalue weighted by Crippen LogP contribution is 2.64. The van der Waals surface area contributed by atoms with Crippen molar-refractivity contribution in [3.63, 3.8) is 0 Å². The quantitative estimate of drug-likeness (QED) is 0.604. The SMILES string of the molecule is Cc1csc(NC(=O)COC(=O)C23CC4CC(CC(Br)(C4)C2)C3)n1. The molecule has 1 amide bonds. The summed E-state index contributed by atoms with van der Waals surface area (Å²) < 4.78 is 5.53. The smallest absolute Gasteiger partial charge is 0.312 e. The van der Waals surface area contributed by atoms with E-state index >= 15 is 0 Å². The number of halogens is 1. The zero-order valence-electron chi connectivity index (χ0n) is 13.6. The van der Waals surface area contributed by atoms with Crippen LogP contribution in [0.1, 0.15) is 44.2 Å². The molecule has 24 heavy (non-hydrogen) atoms. The topological polar surface area (TPSA) is 68.3 Å². The summed E-state index contributed by atoms with van der Waals surface area (Å²) in [7, 11) is 0. The van der Waals surface area contributed by atoms with Crippen molar-refractivity contribution in [2.75, 3.05) is 11.9 Å². The number of rotatable bonds is 4. The number of hydrogen-bond acceptors (Lipinski definition) is 5. The van der Waals surface area contributed by atoms with Crippen LogP contribution in [0.15, 0.2) is 5.38 Å². The molecule has 0 saturated heterocycles. The van der Waals surface area contributed by atoms with Crippen LogP contribution in [-0.2, 0) is 14.3 Å². The highest BCUT2D eigenvalue weighted by Gasteiger charge is 2.60. The fraction of sp³-hybridized carbons (Fsp3) is 0.706. The molecule has 4 aliphatic carbocycles. The Bertz CT molecular complexity index is 675. The minimum absolute atomic E-state index is 0.108. The number of nitrogens with one attached hydrogen (secondary N) is 1. The molecule has 2 unspecified atom stereocenters. The number of ether oxygens (including phenoxy) is 1. The van der Waals surface area contributed by atoms with Crippen molar-refractivity contribution >= 4 is 44.3 Å². The molecule has 4 aliphatic rings. The van der Waals surface area contributed by atoms with E-state index < -0.39 is 0 Å². The fourth-order valence-corrected chi connectivity index (χ4v) is 7.40. The molecule has 1 heterocycles. The number of thiazole rings is 1. The first-order valence-electron chi connectivity index (χ1n) is 8.44. The lowest BCUT2D eigenvalue weighted by molar-refractivity contribution is -0.170. The first kappa shape index (κ1) is 16.5. The lowest BCUT2D eigenvalue weighted by Gasteiger charge is -2.58. The normalized spacial score (nSPS) is 36.6. The van der Waals surface area contributed by atoms with Crippen molar-refractivity contribution in [3.8, 4) is 0 Å². The molecular weight excluding hydrogens is 392 g/mol. The lowest BCUT2D eigenvalue weighted by atomic mass is 9.49. The maximum absolute atomic E-state index is 12.8. The van der Waals surface area contributed by atoms with Crippen molar-refractivity contribution in [2.24, 2.45) is 17.3 Å². The molecule has 5 rings (SSSR count). The maximum Gasteiger partial charge on any atom is 0.312 e. The molecule has 4 saturated carbocycles. The standard InChI is InChI=1S/C17H21BrN2O3S/c1-10-8-24-15(19-10)20-13(21)7-23-14(22)16-3-11-2-12(4-16)6-17(18,5-11)9-16/h8,11-12H,2-7,9H2,1H3,(H,19,20,21). The number of carbonyl (C=O) groups is 2. The predicted molar refractivity (Wildman–Crippen MR) is 95.2 cm³/mol. The zero-order chi connectivity index (χ0) is 16.9. The number of aryl methyl sites for hydroxylation is 1. The first-order chi connectivity index (χ1) is 11.4. The molecule has 0 radical (unpaired) electrons. The van der Waals surface area contributed by atoms with E-state index in [1.54, 1.807) is 0 Å². The van der Waals surface area contributed by atoms with Gasteiger partial charge in [-0.15, -0.1) is 11.3 Å². The average molecular weight is 413 g/mol. The Morgan fingerprint density at radius 2 is 2.08 bits per heavy atom. The van der Waals surface area contributed by atoms with E-state index in [0.29, 0.717) is 17.0 Å². The van der Waals surface area contributed by atoms with E-state index in [4.69, 9.17) is 4.74 Å². The second-order valence-corrected chi connectivity index (χ2v) is 10.4. The average Bonchev–Trinajstić information content (AvgIpc) is 2.87. The summed E-state index contributed by atoms with van der Waals surface area (Å²) in [4.78, 5) is 28.9. The number of esters is 1.